The maximum atomic E-state index is 12.7. The highest BCUT2D eigenvalue weighted by molar-refractivity contribution is 5.82. The number of carboxylic acid groups (broad SMARTS) is 1. The average Bonchev–Trinajstić information content (AvgIpc) is 3.06. The summed E-state index contributed by atoms with van der Waals surface area (Å²) in [6.45, 7) is 0.504. The normalized spacial score (nSPS) is 24.7. The minimum absolute atomic E-state index is 0.0649. The summed E-state index contributed by atoms with van der Waals surface area (Å²) in [7, 11) is 0. The van der Waals surface area contributed by atoms with Gasteiger partial charge in [0.05, 0.1) is 22.9 Å². The number of aromatic nitrogens is 2. The number of rotatable bonds is 3. The van der Waals surface area contributed by atoms with Crippen LogP contribution in [0.2, 0.25) is 0 Å². The maximum Gasteiger partial charge on any atom is 0.329 e. The van der Waals surface area contributed by atoms with Crippen LogP contribution in [0.5, 0.6) is 0 Å². The highest BCUT2D eigenvalue weighted by Crippen LogP contribution is 2.42. The number of aromatic amines is 1. The van der Waals surface area contributed by atoms with Gasteiger partial charge in [0.1, 0.15) is 6.54 Å². The summed E-state index contributed by atoms with van der Waals surface area (Å²) in [5.74, 6) is -1.68. The predicted octanol–water partition coefficient (Wildman–Crippen LogP) is -0.360. The van der Waals surface area contributed by atoms with Gasteiger partial charge in [-0.15, -0.1) is 0 Å². The molecule has 1 amide bonds. The second kappa shape index (κ2) is 6.34. The van der Waals surface area contributed by atoms with Crippen LogP contribution in [0.4, 0.5) is 0 Å². The van der Waals surface area contributed by atoms with Crippen molar-refractivity contribution in [2.75, 3.05) is 26.3 Å². The van der Waals surface area contributed by atoms with Gasteiger partial charge >= 0.3 is 11.7 Å². The van der Waals surface area contributed by atoms with E-state index in [0.29, 0.717) is 23.9 Å². The summed E-state index contributed by atoms with van der Waals surface area (Å²) in [6, 6.07) is 6.57. The Kier molecular flexibility index (Phi) is 4.11. The number of aliphatic carboxylic acids is 1. The molecule has 9 nitrogen and oxygen atoms in total. The molecule has 3 heterocycles. The fourth-order valence-corrected chi connectivity index (χ4v) is 4.07. The maximum absolute atomic E-state index is 12.7. The Labute approximate surface area is 153 Å². The van der Waals surface area contributed by atoms with E-state index in [1.54, 1.807) is 24.3 Å². The van der Waals surface area contributed by atoms with E-state index in [-0.39, 0.29) is 25.6 Å². The van der Waals surface area contributed by atoms with Crippen molar-refractivity contribution in [1.29, 1.82) is 0 Å². The van der Waals surface area contributed by atoms with Crippen molar-refractivity contribution in [3.63, 3.8) is 0 Å². The standard InChI is InChI=1S/C18H19N3O6/c22-14(20-7-11-9-27-6-5-18(11,10-20)16(24)25)8-21-15(23)12-3-1-2-4-13(12)19-17(21)26/h1-4,11H,5-10H2,(H,19,26)(H,24,25)/t11-,18+/m0/s1. The Morgan fingerprint density at radius 3 is 2.81 bits per heavy atom. The zero-order valence-corrected chi connectivity index (χ0v) is 14.5. The first-order chi connectivity index (χ1) is 12.9. The van der Waals surface area contributed by atoms with Crippen LogP contribution >= 0.6 is 0 Å². The molecule has 2 N–H and O–H groups in total. The van der Waals surface area contributed by atoms with Gasteiger partial charge in [0.2, 0.25) is 5.91 Å². The Morgan fingerprint density at radius 1 is 1.30 bits per heavy atom. The molecule has 2 fully saturated rings. The van der Waals surface area contributed by atoms with Gasteiger partial charge in [-0.05, 0) is 18.6 Å². The van der Waals surface area contributed by atoms with Gasteiger partial charge in [-0.3, -0.25) is 19.0 Å². The first-order valence-corrected chi connectivity index (χ1v) is 8.73. The molecule has 0 unspecified atom stereocenters. The molecule has 9 heteroatoms. The topological polar surface area (TPSA) is 122 Å². The molecule has 0 spiro atoms. The van der Waals surface area contributed by atoms with Crippen LogP contribution in [-0.2, 0) is 20.9 Å². The third-order valence-electron chi connectivity index (χ3n) is 5.67. The lowest BCUT2D eigenvalue weighted by Crippen LogP contribution is -2.45. The molecule has 2 saturated heterocycles. The van der Waals surface area contributed by atoms with Gasteiger partial charge in [0.25, 0.3) is 5.56 Å². The molecule has 0 saturated carbocycles. The van der Waals surface area contributed by atoms with Crippen LogP contribution < -0.4 is 11.2 Å². The number of likely N-dealkylation sites (tertiary alicyclic amines) is 1. The highest BCUT2D eigenvalue weighted by Gasteiger charge is 2.54. The summed E-state index contributed by atoms with van der Waals surface area (Å²) in [5, 5.41) is 10.0. The van der Waals surface area contributed by atoms with Crippen LogP contribution in [-0.4, -0.2) is 57.7 Å². The second-order valence-corrected chi connectivity index (χ2v) is 7.12. The number of H-pyrrole nitrogens is 1. The number of ether oxygens (including phenoxy) is 1. The van der Waals surface area contributed by atoms with Gasteiger partial charge < -0.3 is 19.7 Å². The van der Waals surface area contributed by atoms with E-state index in [2.05, 4.69) is 4.98 Å². The number of amides is 1. The molecule has 2 aliphatic rings. The van der Waals surface area contributed by atoms with E-state index in [0.717, 1.165) is 4.57 Å². The first-order valence-electron chi connectivity index (χ1n) is 8.73. The van der Waals surface area contributed by atoms with Gasteiger partial charge in [-0.2, -0.15) is 0 Å². The minimum atomic E-state index is -1.02. The van der Waals surface area contributed by atoms with Gasteiger partial charge in [-0.1, -0.05) is 12.1 Å². The van der Waals surface area contributed by atoms with Crippen molar-refractivity contribution in [2.45, 2.75) is 13.0 Å². The second-order valence-electron chi connectivity index (χ2n) is 7.12. The lowest BCUT2D eigenvalue weighted by atomic mass is 9.74. The van der Waals surface area contributed by atoms with Gasteiger partial charge in [-0.25, -0.2) is 4.79 Å². The summed E-state index contributed by atoms with van der Waals surface area (Å²) in [4.78, 5) is 53.4. The number of nitrogens with one attached hydrogen (secondary N) is 1. The van der Waals surface area contributed by atoms with Crippen molar-refractivity contribution in [1.82, 2.24) is 14.5 Å². The van der Waals surface area contributed by atoms with Crippen molar-refractivity contribution >= 4 is 22.8 Å². The third kappa shape index (κ3) is 2.74. The fourth-order valence-electron chi connectivity index (χ4n) is 4.07. The highest BCUT2D eigenvalue weighted by atomic mass is 16.5. The molecule has 142 valence electrons. The van der Waals surface area contributed by atoms with E-state index in [9.17, 15) is 24.3 Å². The smallest absolute Gasteiger partial charge is 0.329 e. The minimum Gasteiger partial charge on any atom is -0.481 e. The molecular weight excluding hydrogens is 354 g/mol. The van der Waals surface area contributed by atoms with E-state index >= 15 is 0 Å². The van der Waals surface area contributed by atoms with Crippen molar-refractivity contribution in [3.05, 3.63) is 45.1 Å². The molecule has 4 rings (SSSR count). The average molecular weight is 373 g/mol. The van der Waals surface area contributed by atoms with Crippen LogP contribution in [0.3, 0.4) is 0 Å². The van der Waals surface area contributed by atoms with Crippen molar-refractivity contribution in [3.8, 4) is 0 Å². The molecule has 0 bridgehead atoms. The molecular formula is C18H19N3O6. The van der Waals surface area contributed by atoms with Crippen LogP contribution in [0.15, 0.2) is 33.9 Å². The summed E-state index contributed by atoms with van der Waals surface area (Å²) >= 11 is 0. The Bertz CT molecular complexity index is 1040. The van der Waals surface area contributed by atoms with Crippen molar-refractivity contribution in [2.24, 2.45) is 11.3 Å². The van der Waals surface area contributed by atoms with Crippen LogP contribution in [0, 0.1) is 11.3 Å². The number of hydrogen-bond acceptors (Lipinski definition) is 5. The van der Waals surface area contributed by atoms with Gasteiger partial charge in [0.15, 0.2) is 0 Å². The fraction of sp³-hybridized carbons (Fsp3) is 0.444. The van der Waals surface area contributed by atoms with Crippen molar-refractivity contribution < 1.29 is 19.4 Å². The lowest BCUT2D eigenvalue weighted by Gasteiger charge is -2.33. The Hall–Kier alpha value is -2.94. The Balaban J connectivity index is 1.62. The number of benzene rings is 1. The number of fused-ring (bicyclic) bond motifs is 2. The zero-order chi connectivity index (χ0) is 19.2. The predicted molar refractivity (Wildman–Crippen MR) is 94.4 cm³/mol. The lowest BCUT2D eigenvalue weighted by molar-refractivity contribution is -0.157. The number of carbonyl (C=O) groups is 2. The number of para-hydroxylation sites is 1. The summed E-state index contributed by atoms with van der Waals surface area (Å²) in [5.41, 5.74) is -1.82. The molecule has 2 atom stereocenters. The molecule has 0 aliphatic carbocycles. The Morgan fingerprint density at radius 2 is 2.07 bits per heavy atom. The zero-order valence-electron chi connectivity index (χ0n) is 14.5. The largest absolute Gasteiger partial charge is 0.481 e. The molecule has 1 aromatic heterocycles. The number of nitrogens with zero attached hydrogens (tertiary/aromatic N) is 2. The summed E-state index contributed by atoms with van der Waals surface area (Å²) in [6.07, 6.45) is 0.341. The molecule has 0 radical (unpaired) electrons. The molecule has 2 aliphatic heterocycles. The molecule has 1 aromatic carbocycles. The van der Waals surface area contributed by atoms with Gasteiger partial charge in [0, 0.05) is 25.6 Å². The monoisotopic (exact) mass is 373 g/mol. The summed E-state index contributed by atoms with van der Waals surface area (Å²) < 4.78 is 6.24. The number of carbonyl (C=O) groups excluding carboxylic acids is 1. The number of carboxylic acids is 1. The molecule has 2 aromatic rings. The van der Waals surface area contributed by atoms with E-state index in [1.165, 1.54) is 4.90 Å². The first kappa shape index (κ1) is 17.5. The SMILES string of the molecule is O=C(Cn1c(=O)[nH]c2ccccc2c1=O)N1C[C@H]2COCC[C@@]2(C(=O)O)C1. The number of hydrogen-bond donors (Lipinski definition) is 2. The van der Waals surface area contributed by atoms with Crippen LogP contribution in [0.25, 0.3) is 10.9 Å². The third-order valence-corrected chi connectivity index (χ3v) is 5.67. The quantitative estimate of drug-likeness (QED) is 0.758. The van der Waals surface area contributed by atoms with Crippen LogP contribution in [0.1, 0.15) is 6.42 Å². The molecule has 27 heavy (non-hydrogen) atoms. The van der Waals surface area contributed by atoms with E-state index < -0.39 is 35.1 Å². The van der Waals surface area contributed by atoms with E-state index in [4.69, 9.17) is 4.74 Å². The van der Waals surface area contributed by atoms with E-state index in [1.807, 2.05) is 0 Å².